The van der Waals surface area contributed by atoms with Gasteiger partial charge in [0.15, 0.2) is 0 Å². The van der Waals surface area contributed by atoms with Crippen molar-refractivity contribution in [3.05, 3.63) is 0 Å². The van der Waals surface area contributed by atoms with Crippen molar-refractivity contribution in [2.45, 2.75) is 58.6 Å². The van der Waals surface area contributed by atoms with Gasteiger partial charge in [0, 0.05) is 5.25 Å². The number of rotatable bonds is 3. The highest BCUT2D eigenvalue weighted by molar-refractivity contribution is 7.81. The molecule has 0 aromatic rings. The molecule has 0 N–H and O–H groups in total. The molecule has 0 nitrogen and oxygen atoms in total. The average molecular weight is 214 g/mol. The quantitative estimate of drug-likeness (QED) is 0.661. The molecular weight excluding hydrogens is 188 g/mol. The van der Waals surface area contributed by atoms with E-state index in [1.54, 1.807) is 0 Å². The lowest BCUT2D eigenvalue weighted by molar-refractivity contribution is 0.138. The minimum atomic E-state index is 0.643. The molecule has 84 valence electrons. The summed E-state index contributed by atoms with van der Waals surface area (Å²) < 4.78 is 0. The Hall–Kier alpha value is 0.350. The predicted octanol–water partition coefficient (Wildman–Crippen LogP) is 4.40. The van der Waals surface area contributed by atoms with Crippen LogP contribution in [0.2, 0.25) is 0 Å². The maximum atomic E-state index is 4.75. The molecule has 0 heterocycles. The minimum Gasteiger partial charge on any atom is -0.176 e. The van der Waals surface area contributed by atoms with Crippen LogP contribution in [0.15, 0.2) is 0 Å². The molecule has 0 aliphatic heterocycles. The molecule has 1 aliphatic carbocycles. The van der Waals surface area contributed by atoms with Gasteiger partial charge in [0.2, 0.25) is 0 Å². The number of hydrogen-bond donors (Lipinski definition) is 1. The van der Waals surface area contributed by atoms with Gasteiger partial charge in [-0.25, -0.2) is 0 Å². The summed E-state index contributed by atoms with van der Waals surface area (Å²) in [7, 11) is 0. The zero-order chi connectivity index (χ0) is 10.7. The lowest BCUT2D eigenvalue weighted by Crippen LogP contribution is -2.35. The summed E-state index contributed by atoms with van der Waals surface area (Å²) in [5, 5.41) is 0.643. The van der Waals surface area contributed by atoms with Crippen LogP contribution in [0.4, 0.5) is 0 Å². The molecule has 0 radical (unpaired) electrons. The largest absolute Gasteiger partial charge is 0.176 e. The van der Waals surface area contributed by atoms with Crippen LogP contribution in [0.1, 0.15) is 53.4 Å². The standard InChI is InChI=1S/C13H26S/c1-5-11(6-2)12-7-9(3)8-13(14)10(12)4/h9-14H,5-8H2,1-4H3. The molecule has 0 aromatic carbocycles. The fourth-order valence-corrected chi connectivity index (χ4v) is 3.78. The third-order valence-corrected chi connectivity index (χ3v) is 4.94. The zero-order valence-corrected chi connectivity index (χ0v) is 11.1. The van der Waals surface area contributed by atoms with E-state index in [4.69, 9.17) is 12.6 Å². The Morgan fingerprint density at radius 2 is 1.71 bits per heavy atom. The van der Waals surface area contributed by atoms with E-state index in [0.717, 1.165) is 23.7 Å². The maximum Gasteiger partial charge on any atom is 0.00477 e. The SMILES string of the molecule is CCC(CC)C1CC(C)CC(S)C1C. The van der Waals surface area contributed by atoms with Gasteiger partial charge in [-0.1, -0.05) is 40.5 Å². The second-order valence-electron chi connectivity index (χ2n) is 5.24. The molecule has 0 aromatic heterocycles. The Bertz CT molecular complexity index is 161. The van der Waals surface area contributed by atoms with E-state index in [0.29, 0.717) is 5.25 Å². The van der Waals surface area contributed by atoms with Gasteiger partial charge >= 0.3 is 0 Å². The lowest BCUT2D eigenvalue weighted by atomic mass is 9.68. The van der Waals surface area contributed by atoms with Crippen LogP contribution in [-0.4, -0.2) is 5.25 Å². The van der Waals surface area contributed by atoms with Crippen molar-refractivity contribution in [1.82, 2.24) is 0 Å². The summed E-state index contributed by atoms with van der Waals surface area (Å²) in [4.78, 5) is 0. The highest BCUT2D eigenvalue weighted by Gasteiger charge is 2.34. The van der Waals surface area contributed by atoms with Crippen LogP contribution in [0.5, 0.6) is 0 Å². The van der Waals surface area contributed by atoms with Crippen molar-refractivity contribution < 1.29 is 0 Å². The smallest absolute Gasteiger partial charge is 0.00477 e. The van der Waals surface area contributed by atoms with Crippen LogP contribution >= 0.6 is 12.6 Å². The number of thiol groups is 1. The second kappa shape index (κ2) is 5.44. The summed E-state index contributed by atoms with van der Waals surface area (Å²) in [6.45, 7) is 9.48. The van der Waals surface area contributed by atoms with E-state index in [1.807, 2.05) is 0 Å². The Labute approximate surface area is 95.3 Å². The summed E-state index contributed by atoms with van der Waals surface area (Å²) in [5.74, 6) is 3.57. The van der Waals surface area contributed by atoms with E-state index >= 15 is 0 Å². The van der Waals surface area contributed by atoms with Crippen molar-refractivity contribution in [2.24, 2.45) is 23.7 Å². The first-order valence-electron chi connectivity index (χ1n) is 6.28. The van der Waals surface area contributed by atoms with Gasteiger partial charge in [-0.2, -0.15) is 12.6 Å². The highest BCUT2D eigenvalue weighted by atomic mass is 32.1. The first-order chi connectivity index (χ1) is 6.60. The van der Waals surface area contributed by atoms with E-state index in [1.165, 1.54) is 25.7 Å². The average Bonchev–Trinajstić information content (AvgIpc) is 2.15. The molecule has 0 bridgehead atoms. The maximum absolute atomic E-state index is 4.75. The third kappa shape index (κ3) is 2.68. The van der Waals surface area contributed by atoms with Crippen molar-refractivity contribution >= 4 is 12.6 Å². The van der Waals surface area contributed by atoms with Crippen LogP contribution in [0, 0.1) is 23.7 Å². The predicted molar refractivity (Wildman–Crippen MR) is 67.9 cm³/mol. The first kappa shape index (κ1) is 12.4. The topological polar surface area (TPSA) is 0 Å². The van der Waals surface area contributed by atoms with Crippen LogP contribution in [0.3, 0.4) is 0 Å². The van der Waals surface area contributed by atoms with Crippen LogP contribution in [0.25, 0.3) is 0 Å². The van der Waals surface area contributed by atoms with Gasteiger partial charge in [0.05, 0.1) is 0 Å². The summed E-state index contributed by atoms with van der Waals surface area (Å²) in [6, 6.07) is 0. The Morgan fingerprint density at radius 3 is 2.21 bits per heavy atom. The molecular formula is C13H26S. The van der Waals surface area contributed by atoms with Crippen LogP contribution < -0.4 is 0 Å². The van der Waals surface area contributed by atoms with Gasteiger partial charge in [-0.3, -0.25) is 0 Å². The van der Waals surface area contributed by atoms with E-state index < -0.39 is 0 Å². The van der Waals surface area contributed by atoms with Crippen molar-refractivity contribution in [2.75, 3.05) is 0 Å². The van der Waals surface area contributed by atoms with Gasteiger partial charge in [-0.05, 0) is 36.5 Å². The van der Waals surface area contributed by atoms with Crippen molar-refractivity contribution in [3.63, 3.8) is 0 Å². The lowest BCUT2D eigenvalue weighted by Gasteiger charge is -2.41. The highest BCUT2D eigenvalue weighted by Crippen LogP contribution is 2.42. The molecule has 1 rings (SSSR count). The molecule has 0 saturated heterocycles. The molecule has 4 atom stereocenters. The van der Waals surface area contributed by atoms with Gasteiger partial charge in [0.1, 0.15) is 0 Å². The molecule has 4 unspecified atom stereocenters. The summed E-state index contributed by atoms with van der Waals surface area (Å²) >= 11 is 4.75. The second-order valence-corrected chi connectivity index (χ2v) is 5.91. The Balaban J connectivity index is 2.64. The van der Waals surface area contributed by atoms with Crippen molar-refractivity contribution in [3.8, 4) is 0 Å². The molecule has 1 saturated carbocycles. The molecule has 1 heteroatoms. The third-order valence-electron chi connectivity index (χ3n) is 4.25. The van der Waals surface area contributed by atoms with E-state index in [9.17, 15) is 0 Å². The molecule has 14 heavy (non-hydrogen) atoms. The summed E-state index contributed by atoms with van der Waals surface area (Å²) in [6.07, 6.45) is 5.45. The zero-order valence-electron chi connectivity index (χ0n) is 10.2. The van der Waals surface area contributed by atoms with Gasteiger partial charge < -0.3 is 0 Å². The minimum absolute atomic E-state index is 0.643. The molecule has 0 spiro atoms. The normalized spacial score (nSPS) is 39.0. The van der Waals surface area contributed by atoms with Gasteiger partial charge in [-0.15, -0.1) is 0 Å². The van der Waals surface area contributed by atoms with E-state index in [2.05, 4.69) is 27.7 Å². The Morgan fingerprint density at radius 1 is 1.14 bits per heavy atom. The van der Waals surface area contributed by atoms with E-state index in [-0.39, 0.29) is 0 Å². The van der Waals surface area contributed by atoms with Gasteiger partial charge in [0.25, 0.3) is 0 Å². The molecule has 1 fully saturated rings. The first-order valence-corrected chi connectivity index (χ1v) is 6.79. The Kier molecular flexibility index (Phi) is 4.82. The fraction of sp³-hybridized carbons (Fsp3) is 1.00. The fourth-order valence-electron chi connectivity index (χ4n) is 3.20. The molecule has 0 amide bonds. The summed E-state index contributed by atoms with van der Waals surface area (Å²) in [5.41, 5.74) is 0. The number of hydrogen-bond acceptors (Lipinski definition) is 1. The van der Waals surface area contributed by atoms with Crippen LogP contribution in [-0.2, 0) is 0 Å². The molecule has 1 aliphatic rings. The monoisotopic (exact) mass is 214 g/mol. The van der Waals surface area contributed by atoms with Crippen molar-refractivity contribution in [1.29, 1.82) is 0 Å².